The van der Waals surface area contributed by atoms with Gasteiger partial charge in [0.15, 0.2) is 0 Å². The van der Waals surface area contributed by atoms with Crippen molar-refractivity contribution in [1.29, 1.82) is 0 Å². The largest absolute Gasteiger partial charge is 0.474 e. The number of aryl methyl sites for hydroxylation is 1. The predicted molar refractivity (Wildman–Crippen MR) is 55.3 cm³/mol. The number of anilines is 1. The lowest BCUT2D eigenvalue weighted by molar-refractivity contribution is -0.150. The third-order valence-electron chi connectivity index (χ3n) is 1.90. The van der Waals surface area contributed by atoms with Gasteiger partial charge in [0.05, 0.1) is 0 Å². The summed E-state index contributed by atoms with van der Waals surface area (Å²) in [4.78, 5) is 29.0. The molecule has 0 atom stereocenters. The van der Waals surface area contributed by atoms with E-state index in [1.807, 2.05) is 6.92 Å². The van der Waals surface area contributed by atoms with Crippen LogP contribution in [-0.2, 0) is 22.6 Å². The third kappa shape index (κ3) is 2.91. The summed E-state index contributed by atoms with van der Waals surface area (Å²) >= 11 is 0. The number of carbonyl (C=O) groups is 2. The normalized spacial score (nSPS) is 9.81. The van der Waals surface area contributed by atoms with Gasteiger partial charge in [0, 0.05) is 24.7 Å². The minimum atomic E-state index is -1.54. The summed E-state index contributed by atoms with van der Waals surface area (Å²) in [5, 5.41) is 10.5. The van der Waals surface area contributed by atoms with Crippen LogP contribution in [0.3, 0.4) is 0 Å². The van der Waals surface area contributed by atoms with Gasteiger partial charge in [-0.3, -0.25) is 4.79 Å². The Balaban J connectivity index is 2.68. The van der Waals surface area contributed by atoms with E-state index in [1.54, 1.807) is 0 Å². The van der Waals surface area contributed by atoms with Crippen molar-refractivity contribution in [2.75, 3.05) is 5.73 Å². The molecule has 0 aromatic carbocycles. The molecule has 0 spiro atoms. The summed E-state index contributed by atoms with van der Waals surface area (Å²) in [5.74, 6) is -1.77. The first kappa shape index (κ1) is 11.9. The number of rotatable bonds is 3. The van der Waals surface area contributed by atoms with E-state index in [0.717, 1.165) is 0 Å². The lowest BCUT2D eigenvalue weighted by Gasteiger charge is -2.05. The lowest BCUT2D eigenvalue weighted by atomic mass is 10.3. The van der Waals surface area contributed by atoms with E-state index in [4.69, 9.17) is 10.8 Å². The fourth-order valence-electron chi connectivity index (χ4n) is 1.02. The summed E-state index contributed by atoms with van der Waals surface area (Å²) in [6.07, 6.45) is 2.13. The summed E-state index contributed by atoms with van der Waals surface area (Å²) in [5.41, 5.74) is 6.10. The Hall–Kier alpha value is -2.18. The Labute approximate surface area is 91.7 Å². The maximum atomic E-state index is 10.8. The van der Waals surface area contributed by atoms with Crippen molar-refractivity contribution in [3.63, 3.8) is 0 Å². The van der Waals surface area contributed by atoms with Gasteiger partial charge in [0.2, 0.25) is 0 Å². The molecule has 1 aromatic rings. The molecule has 0 saturated heterocycles. The molecule has 7 nitrogen and oxygen atoms in total. The van der Waals surface area contributed by atoms with Crippen LogP contribution in [0.25, 0.3) is 0 Å². The van der Waals surface area contributed by atoms with Crippen LogP contribution in [0, 0.1) is 0 Å². The number of hydrogen-bond donors (Lipinski definition) is 3. The first-order valence-corrected chi connectivity index (χ1v) is 4.66. The first-order chi connectivity index (χ1) is 7.54. The molecule has 0 unspecified atom stereocenters. The molecule has 4 N–H and O–H groups in total. The van der Waals surface area contributed by atoms with Gasteiger partial charge in [0.1, 0.15) is 11.6 Å². The van der Waals surface area contributed by atoms with Crippen LogP contribution in [0.1, 0.15) is 18.3 Å². The number of hydrogen-bond acceptors (Lipinski definition) is 5. The molecule has 0 saturated carbocycles. The van der Waals surface area contributed by atoms with E-state index in [9.17, 15) is 9.59 Å². The topological polar surface area (TPSA) is 118 Å². The molecule has 7 heteroatoms. The highest BCUT2D eigenvalue weighted by Gasteiger charge is 2.11. The van der Waals surface area contributed by atoms with Crippen molar-refractivity contribution < 1.29 is 14.7 Å². The van der Waals surface area contributed by atoms with Gasteiger partial charge in [-0.2, -0.15) is 0 Å². The minimum Gasteiger partial charge on any atom is -0.474 e. The highest BCUT2D eigenvalue weighted by Crippen LogP contribution is 2.07. The van der Waals surface area contributed by atoms with Crippen molar-refractivity contribution in [1.82, 2.24) is 15.3 Å². The smallest absolute Gasteiger partial charge is 0.394 e. The van der Waals surface area contributed by atoms with E-state index in [0.29, 0.717) is 17.8 Å². The quantitative estimate of drug-likeness (QED) is 0.585. The average Bonchev–Trinajstić information content (AvgIpc) is 2.26. The molecule has 1 amide bonds. The molecule has 0 aliphatic heterocycles. The van der Waals surface area contributed by atoms with Gasteiger partial charge in [-0.25, -0.2) is 14.8 Å². The second-order valence-electron chi connectivity index (χ2n) is 3.04. The van der Waals surface area contributed by atoms with E-state index in [1.165, 1.54) is 6.20 Å². The van der Waals surface area contributed by atoms with Crippen molar-refractivity contribution in [2.24, 2.45) is 0 Å². The molecule has 0 aliphatic rings. The highest BCUT2D eigenvalue weighted by molar-refractivity contribution is 6.31. The molecule has 1 heterocycles. The SMILES string of the molecule is CCc1ncc(CNC(=O)C(=O)O)c(N)n1. The zero-order chi connectivity index (χ0) is 12.1. The minimum absolute atomic E-state index is 0.000953. The van der Waals surface area contributed by atoms with Crippen molar-refractivity contribution in [3.8, 4) is 0 Å². The molecular formula is C9H12N4O3. The lowest BCUT2D eigenvalue weighted by Crippen LogP contribution is -2.30. The molecule has 86 valence electrons. The van der Waals surface area contributed by atoms with Crippen molar-refractivity contribution in [3.05, 3.63) is 17.6 Å². The second-order valence-corrected chi connectivity index (χ2v) is 3.04. The number of aliphatic carboxylic acids is 1. The molecule has 16 heavy (non-hydrogen) atoms. The summed E-state index contributed by atoms with van der Waals surface area (Å²) < 4.78 is 0. The Kier molecular flexibility index (Phi) is 3.76. The van der Waals surface area contributed by atoms with Gasteiger partial charge < -0.3 is 16.2 Å². The van der Waals surface area contributed by atoms with Gasteiger partial charge in [-0.15, -0.1) is 0 Å². The number of nitrogen functional groups attached to an aromatic ring is 1. The van der Waals surface area contributed by atoms with E-state index < -0.39 is 11.9 Å². The summed E-state index contributed by atoms with van der Waals surface area (Å²) in [7, 11) is 0. The summed E-state index contributed by atoms with van der Waals surface area (Å²) in [6.45, 7) is 1.89. The number of nitrogens with two attached hydrogens (primary N) is 1. The Bertz CT molecular complexity index is 419. The van der Waals surface area contributed by atoms with Gasteiger partial charge >= 0.3 is 11.9 Å². The molecule has 0 bridgehead atoms. The fraction of sp³-hybridized carbons (Fsp3) is 0.333. The van der Waals surface area contributed by atoms with Gasteiger partial charge in [0.25, 0.3) is 0 Å². The number of amides is 1. The van der Waals surface area contributed by atoms with Crippen LogP contribution in [-0.4, -0.2) is 27.0 Å². The van der Waals surface area contributed by atoms with Crippen molar-refractivity contribution in [2.45, 2.75) is 19.9 Å². The van der Waals surface area contributed by atoms with Crippen LogP contribution >= 0.6 is 0 Å². The predicted octanol–water partition coefficient (Wildman–Crippen LogP) is -0.678. The van der Waals surface area contributed by atoms with Crippen LogP contribution in [0.5, 0.6) is 0 Å². The van der Waals surface area contributed by atoms with Crippen molar-refractivity contribution >= 4 is 17.7 Å². The van der Waals surface area contributed by atoms with Crippen LogP contribution in [0.4, 0.5) is 5.82 Å². The molecule has 0 fully saturated rings. The third-order valence-corrected chi connectivity index (χ3v) is 1.90. The zero-order valence-electron chi connectivity index (χ0n) is 8.73. The molecule has 0 aliphatic carbocycles. The number of carboxylic acids is 1. The molecule has 1 rings (SSSR count). The number of carbonyl (C=O) groups excluding carboxylic acids is 1. The fourth-order valence-corrected chi connectivity index (χ4v) is 1.02. The van der Waals surface area contributed by atoms with E-state index in [2.05, 4.69) is 15.3 Å². The summed E-state index contributed by atoms with van der Waals surface area (Å²) in [6, 6.07) is 0. The van der Waals surface area contributed by atoms with Crippen LogP contribution < -0.4 is 11.1 Å². The monoisotopic (exact) mass is 224 g/mol. The maximum absolute atomic E-state index is 10.8. The number of carboxylic acid groups (broad SMARTS) is 1. The maximum Gasteiger partial charge on any atom is 0.394 e. The molecular weight excluding hydrogens is 212 g/mol. The van der Waals surface area contributed by atoms with E-state index in [-0.39, 0.29) is 12.4 Å². The zero-order valence-corrected chi connectivity index (χ0v) is 8.73. The average molecular weight is 224 g/mol. The van der Waals surface area contributed by atoms with Gasteiger partial charge in [-0.05, 0) is 0 Å². The Morgan fingerprint density at radius 1 is 1.56 bits per heavy atom. The number of nitrogens with one attached hydrogen (secondary N) is 1. The Morgan fingerprint density at radius 3 is 2.75 bits per heavy atom. The second kappa shape index (κ2) is 5.06. The standard InChI is InChI=1S/C9H12N4O3/c1-2-6-11-3-5(7(10)13-6)4-12-8(14)9(15)16/h3H,2,4H2,1H3,(H,12,14)(H,15,16)(H2,10,11,13). The number of aromatic nitrogens is 2. The molecule has 0 radical (unpaired) electrons. The van der Waals surface area contributed by atoms with Gasteiger partial charge in [-0.1, -0.05) is 6.92 Å². The molecule has 1 aromatic heterocycles. The van der Waals surface area contributed by atoms with E-state index >= 15 is 0 Å². The number of nitrogens with zero attached hydrogens (tertiary/aromatic N) is 2. The van der Waals surface area contributed by atoms with Crippen LogP contribution in [0.15, 0.2) is 6.20 Å². The highest BCUT2D eigenvalue weighted by atomic mass is 16.4. The first-order valence-electron chi connectivity index (χ1n) is 4.66. The Morgan fingerprint density at radius 2 is 2.25 bits per heavy atom. The van der Waals surface area contributed by atoms with Crippen LogP contribution in [0.2, 0.25) is 0 Å².